The maximum atomic E-state index is 11.9. The second-order valence-electron chi connectivity index (χ2n) is 4.77. The van der Waals surface area contributed by atoms with Gasteiger partial charge in [-0.25, -0.2) is 0 Å². The van der Waals surface area contributed by atoms with Crippen molar-refractivity contribution in [3.05, 3.63) is 40.6 Å². The topological polar surface area (TPSA) is 96.3 Å². The van der Waals surface area contributed by atoms with Gasteiger partial charge >= 0.3 is 6.01 Å². The Balaban J connectivity index is 1.69. The van der Waals surface area contributed by atoms with E-state index < -0.39 is 0 Å². The van der Waals surface area contributed by atoms with Gasteiger partial charge in [0.05, 0.1) is 4.88 Å². The molecule has 0 bridgehead atoms. The van der Waals surface area contributed by atoms with E-state index in [1.165, 1.54) is 18.3 Å². The number of aromatic nitrogens is 1. The summed E-state index contributed by atoms with van der Waals surface area (Å²) in [5.41, 5.74) is 1.68. The fraction of sp³-hybridized carbons (Fsp3) is 0.0667. The van der Waals surface area contributed by atoms with Gasteiger partial charge in [0.15, 0.2) is 10.7 Å². The molecule has 122 valence electrons. The van der Waals surface area contributed by atoms with Crippen molar-refractivity contribution in [2.24, 2.45) is 0 Å². The summed E-state index contributed by atoms with van der Waals surface area (Å²) < 4.78 is 5.52. The number of oxazole rings is 1. The lowest BCUT2D eigenvalue weighted by atomic mass is 10.3. The van der Waals surface area contributed by atoms with Crippen molar-refractivity contribution in [3.63, 3.8) is 0 Å². The van der Waals surface area contributed by atoms with Crippen molar-refractivity contribution in [2.75, 3.05) is 10.6 Å². The van der Waals surface area contributed by atoms with Crippen molar-refractivity contribution in [1.82, 2.24) is 10.3 Å². The number of rotatable bonds is 3. The van der Waals surface area contributed by atoms with E-state index in [1.807, 2.05) is 0 Å². The number of benzene rings is 1. The molecular formula is C15H12N4O3S2. The van der Waals surface area contributed by atoms with Gasteiger partial charge in [-0.15, -0.1) is 11.3 Å². The molecule has 1 aromatic carbocycles. The molecule has 0 unspecified atom stereocenters. The molecule has 0 radical (unpaired) electrons. The van der Waals surface area contributed by atoms with Gasteiger partial charge in [-0.05, 0) is 35.8 Å². The van der Waals surface area contributed by atoms with Crippen LogP contribution in [0.15, 0.2) is 40.1 Å². The third-order valence-electron chi connectivity index (χ3n) is 2.90. The first-order valence-electron chi connectivity index (χ1n) is 6.85. The molecule has 0 spiro atoms. The Morgan fingerprint density at radius 1 is 1.25 bits per heavy atom. The summed E-state index contributed by atoms with van der Waals surface area (Å²) in [5.74, 6) is -0.476. The van der Waals surface area contributed by atoms with Gasteiger partial charge in [0.25, 0.3) is 5.91 Å². The summed E-state index contributed by atoms with van der Waals surface area (Å²) in [7, 11) is 0. The van der Waals surface area contributed by atoms with Crippen molar-refractivity contribution < 1.29 is 14.0 Å². The molecule has 24 heavy (non-hydrogen) atoms. The van der Waals surface area contributed by atoms with E-state index in [0.29, 0.717) is 21.7 Å². The SMILES string of the molecule is CC(=O)Nc1ccc2nc(NC(=S)NC(=O)c3cccs3)oc2c1. The van der Waals surface area contributed by atoms with E-state index in [1.54, 1.807) is 35.7 Å². The monoisotopic (exact) mass is 360 g/mol. The number of carbonyl (C=O) groups excluding carboxylic acids is 2. The molecule has 0 fully saturated rings. The zero-order valence-electron chi connectivity index (χ0n) is 12.5. The number of hydrogen-bond donors (Lipinski definition) is 3. The first-order chi connectivity index (χ1) is 11.5. The molecule has 0 aliphatic rings. The summed E-state index contributed by atoms with van der Waals surface area (Å²) in [5, 5.41) is 9.82. The Labute approximate surface area is 146 Å². The van der Waals surface area contributed by atoms with Crippen LogP contribution in [0.3, 0.4) is 0 Å². The number of nitrogens with one attached hydrogen (secondary N) is 3. The van der Waals surface area contributed by atoms with Crippen LogP contribution < -0.4 is 16.0 Å². The molecule has 2 amide bonds. The number of amides is 2. The summed E-state index contributed by atoms with van der Waals surface area (Å²) in [4.78, 5) is 27.7. The van der Waals surface area contributed by atoms with Crippen LogP contribution in [-0.2, 0) is 4.79 Å². The van der Waals surface area contributed by atoms with Gasteiger partial charge in [-0.2, -0.15) is 4.98 Å². The summed E-state index contributed by atoms with van der Waals surface area (Å²) in [6.07, 6.45) is 0. The molecule has 0 saturated carbocycles. The van der Waals surface area contributed by atoms with Gasteiger partial charge in [-0.3, -0.25) is 20.2 Å². The quantitative estimate of drug-likeness (QED) is 0.622. The maximum Gasteiger partial charge on any atom is 0.302 e. The molecule has 0 aliphatic carbocycles. The first-order valence-corrected chi connectivity index (χ1v) is 8.14. The number of hydrogen-bond acceptors (Lipinski definition) is 6. The normalized spacial score (nSPS) is 10.4. The number of thiocarbonyl (C=S) groups is 1. The van der Waals surface area contributed by atoms with Crippen LogP contribution in [-0.4, -0.2) is 21.9 Å². The van der Waals surface area contributed by atoms with E-state index in [9.17, 15) is 9.59 Å². The molecule has 2 heterocycles. The lowest BCUT2D eigenvalue weighted by Gasteiger charge is -2.04. The van der Waals surface area contributed by atoms with E-state index in [0.717, 1.165) is 0 Å². The minimum atomic E-state index is -0.299. The van der Waals surface area contributed by atoms with Crippen LogP contribution in [0, 0.1) is 0 Å². The van der Waals surface area contributed by atoms with Crippen molar-refractivity contribution in [1.29, 1.82) is 0 Å². The van der Waals surface area contributed by atoms with E-state index in [4.69, 9.17) is 16.6 Å². The lowest BCUT2D eigenvalue weighted by molar-refractivity contribution is -0.114. The van der Waals surface area contributed by atoms with Gasteiger partial charge < -0.3 is 9.73 Å². The minimum Gasteiger partial charge on any atom is -0.423 e. The molecule has 9 heteroatoms. The van der Waals surface area contributed by atoms with Crippen LogP contribution in [0.4, 0.5) is 11.7 Å². The zero-order valence-corrected chi connectivity index (χ0v) is 14.1. The molecule has 3 aromatic rings. The van der Waals surface area contributed by atoms with Crippen LogP contribution in [0.5, 0.6) is 0 Å². The molecule has 3 N–H and O–H groups in total. The van der Waals surface area contributed by atoms with Crippen LogP contribution in [0.1, 0.15) is 16.6 Å². The molecular weight excluding hydrogens is 348 g/mol. The van der Waals surface area contributed by atoms with Gasteiger partial charge in [-0.1, -0.05) is 6.07 Å². The van der Waals surface area contributed by atoms with Gasteiger partial charge in [0.1, 0.15) is 5.52 Å². The van der Waals surface area contributed by atoms with E-state index in [-0.39, 0.29) is 22.9 Å². The molecule has 2 aromatic heterocycles. The average Bonchev–Trinajstić information content (AvgIpc) is 3.14. The minimum absolute atomic E-state index is 0.0852. The Morgan fingerprint density at radius 3 is 2.79 bits per heavy atom. The zero-order chi connectivity index (χ0) is 17.1. The molecule has 0 aliphatic heterocycles. The number of fused-ring (bicyclic) bond motifs is 1. The van der Waals surface area contributed by atoms with Crippen molar-refractivity contribution in [2.45, 2.75) is 6.92 Å². The predicted octanol–water partition coefficient (Wildman–Crippen LogP) is 2.97. The smallest absolute Gasteiger partial charge is 0.302 e. The highest BCUT2D eigenvalue weighted by molar-refractivity contribution is 7.80. The van der Waals surface area contributed by atoms with Crippen molar-refractivity contribution >= 4 is 63.3 Å². The lowest BCUT2D eigenvalue weighted by Crippen LogP contribution is -2.33. The van der Waals surface area contributed by atoms with Crippen molar-refractivity contribution in [3.8, 4) is 0 Å². The summed E-state index contributed by atoms with van der Waals surface area (Å²) >= 11 is 6.39. The number of carbonyl (C=O) groups is 2. The van der Waals surface area contributed by atoms with Crippen LogP contribution in [0.2, 0.25) is 0 Å². The summed E-state index contributed by atoms with van der Waals surface area (Å²) in [6, 6.07) is 8.72. The van der Waals surface area contributed by atoms with Gasteiger partial charge in [0, 0.05) is 18.7 Å². The Morgan fingerprint density at radius 2 is 2.08 bits per heavy atom. The highest BCUT2D eigenvalue weighted by Gasteiger charge is 2.12. The predicted molar refractivity (Wildman–Crippen MR) is 96.3 cm³/mol. The van der Waals surface area contributed by atoms with Crippen LogP contribution in [0.25, 0.3) is 11.1 Å². The molecule has 3 rings (SSSR count). The second-order valence-corrected chi connectivity index (χ2v) is 6.12. The van der Waals surface area contributed by atoms with E-state index >= 15 is 0 Å². The number of anilines is 2. The highest BCUT2D eigenvalue weighted by Crippen LogP contribution is 2.22. The van der Waals surface area contributed by atoms with Gasteiger partial charge in [0.2, 0.25) is 5.91 Å². The fourth-order valence-electron chi connectivity index (χ4n) is 1.96. The average molecular weight is 360 g/mol. The fourth-order valence-corrected chi connectivity index (χ4v) is 2.76. The third kappa shape index (κ3) is 3.76. The maximum absolute atomic E-state index is 11.9. The third-order valence-corrected chi connectivity index (χ3v) is 3.97. The van der Waals surface area contributed by atoms with E-state index in [2.05, 4.69) is 20.9 Å². The first kappa shape index (κ1) is 16.1. The Hall–Kier alpha value is -2.78. The number of nitrogens with zero attached hydrogens (tertiary/aromatic N) is 1. The molecule has 7 nitrogen and oxygen atoms in total. The number of thiophene rings is 1. The summed E-state index contributed by atoms with van der Waals surface area (Å²) in [6.45, 7) is 1.42. The molecule has 0 saturated heterocycles. The highest BCUT2D eigenvalue weighted by atomic mass is 32.1. The van der Waals surface area contributed by atoms with Crippen LogP contribution >= 0.6 is 23.6 Å². The standard InChI is InChI=1S/C15H12N4O3S2/c1-8(20)16-9-4-5-10-11(7-9)22-14(17-10)19-15(23)18-13(21)12-3-2-6-24-12/h2-7H,1H3,(H,16,20)(H2,17,18,19,21,23). The Bertz CT molecular complexity index is 918. The Kier molecular flexibility index (Phi) is 4.54. The largest absolute Gasteiger partial charge is 0.423 e. The second kappa shape index (κ2) is 6.77. The molecule has 0 atom stereocenters.